The van der Waals surface area contributed by atoms with Crippen molar-refractivity contribution in [1.82, 2.24) is 5.32 Å². The zero-order valence-corrected chi connectivity index (χ0v) is 16.2. The van der Waals surface area contributed by atoms with Crippen LogP contribution in [0.1, 0.15) is 5.56 Å². The zero-order chi connectivity index (χ0) is 19.6. The highest BCUT2D eigenvalue weighted by Gasteiger charge is 2.40. The minimum atomic E-state index is -1.23. The van der Waals surface area contributed by atoms with Gasteiger partial charge in [0.15, 0.2) is 5.92 Å². The van der Waals surface area contributed by atoms with E-state index in [1.165, 1.54) is 13.3 Å². The van der Waals surface area contributed by atoms with Gasteiger partial charge in [-0.15, -0.1) is 0 Å². The van der Waals surface area contributed by atoms with Crippen molar-refractivity contribution < 1.29 is 19.1 Å². The predicted octanol–water partition coefficient (Wildman–Crippen LogP) is 3.37. The van der Waals surface area contributed by atoms with Gasteiger partial charge in [-0.05, 0) is 37.3 Å². The number of barbiturate groups is 1. The van der Waals surface area contributed by atoms with Gasteiger partial charge in [-0.1, -0.05) is 33.6 Å². The molecule has 1 heterocycles. The van der Waals surface area contributed by atoms with Crippen LogP contribution in [0.3, 0.4) is 0 Å². The Morgan fingerprint density at radius 2 is 1.85 bits per heavy atom. The molecule has 1 aliphatic heterocycles. The van der Waals surface area contributed by atoms with E-state index in [-0.39, 0.29) is 0 Å². The first-order valence-electron chi connectivity index (χ1n) is 8.04. The van der Waals surface area contributed by atoms with Crippen LogP contribution in [0.25, 0.3) is 0 Å². The minimum Gasteiger partial charge on any atom is -0.494 e. The fourth-order valence-electron chi connectivity index (χ4n) is 2.58. The Morgan fingerprint density at radius 1 is 1.15 bits per heavy atom. The van der Waals surface area contributed by atoms with Gasteiger partial charge < -0.3 is 4.74 Å². The molecule has 4 amide bonds. The largest absolute Gasteiger partial charge is 0.494 e. The minimum absolute atomic E-state index is 0.383. The lowest BCUT2D eigenvalue weighted by Gasteiger charge is -2.28. The van der Waals surface area contributed by atoms with Crippen LogP contribution < -0.4 is 15.0 Å². The predicted molar refractivity (Wildman–Crippen MR) is 105 cm³/mol. The van der Waals surface area contributed by atoms with Gasteiger partial charge in [0.1, 0.15) is 11.4 Å². The number of ether oxygens (including phenoxy) is 1. The van der Waals surface area contributed by atoms with Gasteiger partial charge in [-0.2, -0.15) is 0 Å². The lowest BCUT2D eigenvalue weighted by molar-refractivity contribution is -0.131. The second kappa shape index (κ2) is 7.71. The number of amides is 4. The molecule has 138 valence electrons. The lowest BCUT2D eigenvalue weighted by Crippen LogP contribution is -2.58. The van der Waals surface area contributed by atoms with Crippen LogP contribution in [0.15, 0.2) is 51.9 Å². The van der Waals surface area contributed by atoms with Crippen molar-refractivity contribution in [3.8, 4) is 5.75 Å². The summed E-state index contributed by atoms with van der Waals surface area (Å²) < 4.78 is 6.00. The van der Waals surface area contributed by atoms with Crippen LogP contribution in [0, 0.1) is 12.8 Å². The average molecular weight is 430 g/mol. The van der Waals surface area contributed by atoms with Crippen molar-refractivity contribution in [2.24, 2.45) is 10.9 Å². The fourth-order valence-corrected chi connectivity index (χ4v) is 2.93. The van der Waals surface area contributed by atoms with Gasteiger partial charge >= 0.3 is 6.03 Å². The Labute approximate surface area is 164 Å². The number of anilines is 1. The molecule has 2 aromatic rings. The number of urea groups is 1. The number of imide groups is 2. The first kappa shape index (κ1) is 18.8. The number of aliphatic imine (C=N–C) groups is 1. The van der Waals surface area contributed by atoms with Crippen molar-refractivity contribution in [3.05, 3.63) is 52.5 Å². The summed E-state index contributed by atoms with van der Waals surface area (Å²) in [4.78, 5) is 42.3. The number of methoxy groups -OCH3 is 1. The molecule has 0 spiro atoms. The van der Waals surface area contributed by atoms with Crippen LogP contribution in [0.4, 0.5) is 16.2 Å². The van der Waals surface area contributed by atoms with Gasteiger partial charge in [0.2, 0.25) is 5.91 Å². The number of nitrogens with one attached hydrogen (secondary N) is 1. The first-order chi connectivity index (χ1) is 12.9. The van der Waals surface area contributed by atoms with Crippen molar-refractivity contribution in [1.29, 1.82) is 0 Å². The number of aryl methyl sites for hydroxylation is 1. The summed E-state index contributed by atoms with van der Waals surface area (Å²) >= 11 is 3.34. The molecule has 8 heteroatoms. The summed E-state index contributed by atoms with van der Waals surface area (Å²) in [6, 6.07) is 11.3. The summed E-state index contributed by atoms with van der Waals surface area (Å²) in [6.45, 7) is 1.90. The third-order valence-electron chi connectivity index (χ3n) is 4.00. The molecule has 7 nitrogen and oxygen atoms in total. The smallest absolute Gasteiger partial charge is 0.335 e. The Kier molecular flexibility index (Phi) is 5.36. The van der Waals surface area contributed by atoms with Crippen molar-refractivity contribution in [2.45, 2.75) is 6.92 Å². The number of rotatable bonds is 4. The second-order valence-corrected chi connectivity index (χ2v) is 6.79. The Morgan fingerprint density at radius 3 is 2.52 bits per heavy atom. The summed E-state index contributed by atoms with van der Waals surface area (Å²) in [7, 11) is 1.50. The SMILES string of the molecule is COc1ccc(Br)cc1N=C[C@@H]1C(=O)NC(=O)N(c2ccc(C)cc2)C1=O. The van der Waals surface area contributed by atoms with Gasteiger partial charge in [0.25, 0.3) is 5.91 Å². The van der Waals surface area contributed by atoms with E-state index in [1.807, 2.05) is 6.92 Å². The van der Waals surface area contributed by atoms with Crippen molar-refractivity contribution >= 4 is 51.4 Å². The standard InChI is InChI=1S/C19H16BrN3O4/c1-11-3-6-13(7-4-11)23-18(25)14(17(24)22-19(23)26)10-21-15-9-12(20)5-8-16(15)27-2/h3-10,14H,1-2H3,(H,22,24,26)/t14-/m1/s1. The highest BCUT2D eigenvalue weighted by Crippen LogP contribution is 2.30. The van der Waals surface area contributed by atoms with E-state index >= 15 is 0 Å². The number of carbonyl (C=O) groups is 3. The molecular weight excluding hydrogens is 414 g/mol. The Balaban J connectivity index is 1.92. The molecule has 2 aromatic carbocycles. The molecule has 0 bridgehead atoms. The normalized spacial score (nSPS) is 17.4. The molecular formula is C19H16BrN3O4. The van der Waals surface area contributed by atoms with E-state index in [0.717, 1.165) is 14.9 Å². The van der Waals surface area contributed by atoms with Crippen molar-refractivity contribution in [2.75, 3.05) is 12.0 Å². The van der Waals surface area contributed by atoms with Crippen LogP contribution in [0.5, 0.6) is 5.75 Å². The summed E-state index contributed by atoms with van der Waals surface area (Å²) in [5.41, 5.74) is 1.82. The van der Waals surface area contributed by atoms with E-state index in [4.69, 9.17) is 4.74 Å². The van der Waals surface area contributed by atoms with Gasteiger partial charge in [0.05, 0.1) is 12.8 Å². The number of benzene rings is 2. The zero-order valence-electron chi connectivity index (χ0n) is 14.6. The average Bonchev–Trinajstić information content (AvgIpc) is 2.63. The lowest BCUT2D eigenvalue weighted by atomic mass is 10.1. The summed E-state index contributed by atoms with van der Waals surface area (Å²) in [6.07, 6.45) is 1.22. The quantitative estimate of drug-likeness (QED) is 0.595. The van der Waals surface area contributed by atoms with Gasteiger partial charge in [-0.3, -0.25) is 19.9 Å². The monoisotopic (exact) mass is 429 g/mol. The molecule has 0 aliphatic carbocycles. The van der Waals surface area contributed by atoms with E-state index in [9.17, 15) is 14.4 Å². The molecule has 27 heavy (non-hydrogen) atoms. The second-order valence-electron chi connectivity index (χ2n) is 5.88. The molecule has 3 rings (SSSR count). The molecule has 1 fully saturated rings. The summed E-state index contributed by atoms with van der Waals surface area (Å²) in [5.74, 6) is -2.12. The molecule has 0 unspecified atom stereocenters. The Hall–Kier alpha value is -3.00. The van der Waals surface area contributed by atoms with E-state index in [0.29, 0.717) is 17.1 Å². The molecule has 1 saturated heterocycles. The molecule has 1 atom stereocenters. The van der Waals surface area contributed by atoms with E-state index in [2.05, 4.69) is 26.2 Å². The molecule has 1 aliphatic rings. The molecule has 0 saturated carbocycles. The van der Waals surface area contributed by atoms with Crippen LogP contribution >= 0.6 is 15.9 Å². The number of carbonyl (C=O) groups excluding carboxylic acids is 3. The van der Waals surface area contributed by atoms with E-state index < -0.39 is 23.8 Å². The van der Waals surface area contributed by atoms with E-state index in [1.54, 1.807) is 42.5 Å². The maximum Gasteiger partial charge on any atom is 0.335 e. The van der Waals surface area contributed by atoms with Crippen LogP contribution in [-0.2, 0) is 9.59 Å². The van der Waals surface area contributed by atoms with Gasteiger partial charge in [0, 0.05) is 10.7 Å². The maximum atomic E-state index is 12.8. The fraction of sp³-hybridized carbons (Fsp3) is 0.158. The Bertz CT molecular complexity index is 940. The van der Waals surface area contributed by atoms with Crippen molar-refractivity contribution in [3.63, 3.8) is 0 Å². The molecule has 0 radical (unpaired) electrons. The number of nitrogens with zero attached hydrogens (tertiary/aromatic N) is 2. The van der Waals surface area contributed by atoms with Gasteiger partial charge in [-0.25, -0.2) is 9.69 Å². The molecule has 0 aromatic heterocycles. The van der Waals surface area contributed by atoms with Crippen LogP contribution in [-0.4, -0.2) is 31.2 Å². The number of hydrogen-bond acceptors (Lipinski definition) is 5. The third kappa shape index (κ3) is 3.90. The maximum absolute atomic E-state index is 12.8. The first-order valence-corrected chi connectivity index (χ1v) is 8.83. The third-order valence-corrected chi connectivity index (χ3v) is 4.49. The number of halogens is 1. The molecule has 1 N–H and O–H groups in total. The topological polar surface area (TPSA) is 88.1 Å². The highest BCUT2D eigenvalue weighted by atomic mass is 79.9. The summed E-state index contributed by atoms with van der Waals surface area (Å²) in [5, 5.41) is 2.19. The number of hydrogen-bond donors (Lipinski definition) is 1. The highest BCUT2D eigenvalue weighted by molar-refractivity contribution is 9.10. The van der Waals surface area contributed by atoms with Crippen LogP contribution in [0.2, 0.25) is 0 Å².